The summed E-state index contributed by atoms with van der Waals surface area (Å²) in [6.45, 7) is 3.46. The van der Waals surface area contributed by atoms with E-state index >= 15 is 0 Å². The molecule has 0 aromatic heterocycles. The maximum Gasteiger partial charge on any atom is 0.188 e. The maximum absolute atomic E-state index is 10.2. The van der Waals surface area contributed by atoms with Crippen LogP contribution in [0.2, 0.25) is 0 Å². The molecule has 0 aliphatic heterocycles. The highest BCUT2D eigenvalue weighted by molar-refractivity contribution is 5.48. The van der Waals surface area contributed by atoms with E-state index in [1.165, 1.54) is 83.5 Å². The molecule has 0 unspecified atom stereocenters. The second-order valence-corrected chi connectivity index (χ2v) is 7.26. The van der Waals surface area contributed by atoms with Gasteiger partial charge in [0.05, 0.1) is 12.9 Å². The monoisotopic (exact) mass is 368 g/mol. The lowest BCUT2D eigenvalue weighted by Crippen LogP contribution is -1.98. The molecule has 3 heteroatoms. The normalized spacial score (nSPS) is 11.3. The molecule has 0 N–H and O–H groups in total. The molecule has 3 nitrogen and oxygen atoms in total. The van der Waals surface area contributed by atoms with E-state index in [4.69, 9.17) is 9.47 Å². The third-order valence-electron chi connectivity index (χ3n) is 4.68. The van der Waals surface area contributed by atoms with Gasteiger partial charge in [-0.1, -0.05) is 84.0 Å². The van der Waals surface area contributed by atoms with Crippen LogP contribution < -0.4 is 0 Å². The van der Waals surface area contributed by atoms with Crippen LogP contribution in [0.5, 0.6) is 0 Å². The fourth-order valence-electron chi connectivity index (χ4n) is 2.99. The number of unbranched alkanes of at least 4 members (excludes halogenated alkanes) is 15. The molecular formula is C23H44O3. The molecule has 154 valence electrons. The summed E-state index contributed by atoms with van der Waals surface area (Å²) in [5.41, 5.74) is 0. The number of hydrogen-bond donors (Lipinski definition) is 0. The molecule has 0 amide bonds. The summed E-state index contributed by atoms with van der Waals surface area (Å²) in [4.78, 5) is 10.2. The van der Waals surface area contributed by atoms with Crippen molar-refractivity contribution in [3.63, 3.8) is 0 Å². The first-order valence-corrected chi connectivity index (χ1v) is 11.2. The minimum atomic E-state index is 0.385. The number of rotatable bonds is 22. The highest BCUT2D eigenvalue weighted by Gasteiger charge is 1.93. The molecule has 0 spiro atoms. The van der Waals surface area contributed by atoms with E-state index in [0.29, 0.717) is 6.79 Å². The summed E-state index contributed by atoms with van der Waals surface area (Å²) in [5.74, 6) is 0. The molecule has 0 fully saturated rings. The molecule has 0 aromatic rings. The van der Waals surface area contributed by atoms with Crippen LogP contribution in [0, 0.1) is 0 Å². The van der Waals surface area contributed by atoms with E-state index in [1.807, 2.05) is 0 Å². The van der Waals surface area contributed by atoms with E-state index in [9.17, 15) is 4.79 Å². The lowest BCUT2D eigenvalue weighted by atomic mass is 10.1. The van der Waals surface area contributed by atoms with E-state index in [-0.39, 0.29) is 0 Å². The second kappa shape index (κ2) is 24.2. The predicted octanol–water partition coefficient (Wildman–Crippen LogP) is 7.34. The smallest absolute Gasteiger partial charge is 0.188 e. The van der Waals surface area contributed by atoms with Gasteiger partial charge in [-0.25, -0.2) is 0 Å². The van der Waals surface area contributed by atoms with Crippen LogP contribution in [-0.4, -0.2) is 19.7 Å². The van der Waals surface area contributed by atoms with Crippen LogP contribution in [0.4, 0.5) is 0 Å². The van der Waals surface area contributed by atoms with Gasteiger partial charge in [0.2, 0.25) is 0 Å². The zero-order chi connectivity index (χ0) is 19.0. The van der Waals surface area contributed by atoms with Gasteiger partial charge in [0.15, 0.2) is 6.79 Å². The van der Waals surface area contributed by atoms with Crippen LogP contribution in [0.3, 0.4) is 0 Å². The second-order valence-electron chi connectivity index (χ2n) is 7.26. The molecule has 0 heterocycles. The molecule has 0 aromatic carbocycles. The summed E-state index contributed by atoms with van der Waals surface area (Å²) in [7, 11) is 0. The summed E-state index contributed by atoms with van der Waals surface area (Å²) in [5, 5.41) is 0. The molecule has 0 radical (unpaired) electrons. The van der Waals surface area contributed by atoms with Crippen LogP contribution in [0.15, 0.2) is 12.3 Å². The molecule has 0 saturated carbocycles. The van der Waals surface area contributed by atoms with Gasteiger partial charge in [0, 0.05) is 6.42 Å². The van der Waals surface area contributed by atoms with Crippen molar-refractivity contribution in [2.75, 3.05) is 13.4 Å². The van der Waals surface area contributed by atoms with Crippen molar-refractivity contribution in [3.8, 4) is 0 Å². The van der Waals surface area contributed by atoms with E-state index in [1.54, 1.807) is 6.26 Å². The molecule has 26 heavy (non-hydrogen) atoms. The Labute approximate surface area is 162 Å². The van der Waals surface area contributed by atoms with Crippen molar-refractivity contribution in [2.24, 2.45) is 0 Å². The molecule has 0 aliphatic rings. The van der Waals surface area contributed by atoms with Crippen molar-refractivity contribution in [3.05, 3.63) is 12.3 Å². The van der Waals surface area contributed by atoms with Gasteiger partial charge < -0.3 is 14.3 Å². The first kappa shape index (κ1) is 25.2. The van der Waals surface area contributed by atoms with Gasteiger partial charge in [-0.2, -0.15) is 0 Å². The third kappa shape index (κ3) is 23.2. The van der Waals surface area contributed by atoms with Crippen LogP contribution >= 0.6 is 0 Å². The molecule has 0 atom stereocenters. The van der Waals surface area contributed by atoms with Crippen molar-refractivity contribution in [2.45, 2.75) is 116 Å². The minimum Gasteiger partial charge on any atom is -0.475 e. The van der Waals surface area contributed by atoms with Gasteiger partial charge in [-0.15, -0.1) is 0 Å². The van der Waals surface area contributed by atoms with Crippen LogP contribution in [0.25, 0.3) is 0 Å². The molecule has 0 aliphatic carbocycles. The topological polar surface area (TPSA) is 35.5 Å². The lowest BCUT2D eigenvalue weighted by molar-refractivity contribution is -0.107. The minimum absolute atomic E-state index is 0.385. The zero-order valence-corrected chi connectivity index (χ0v) is 17.4. The molecule has 0 saturated heterocycles. The number of allylic oxidation sites excluding steroid dienone is 1. The van der Waals surface area contributed by atoms with Crippen molar-refractivity contribution >= 4 is 6.29 Å². The molecule has 0 bridgehead atoms. The van der Waals surface area contributed by atoms with Crippen molar-refractivity contribution in [1.82, 2.24) is 0 Å². The average molecular weight is 369 g/mol. The summed E-state index contributed by atoms with van der Waals surface area (Å²) in [6, 6.07) is 0. The Morgan fingerprint density at radius 3 is 1.81 bits per heavy atom. The Morgan fingerprint density at radius 2 is 1.19 bits per heavy atom. The molecular weight excluding hydrogens is 324 g/mol. The van der Waals surface area contributed by atoms with Crippen LogP contribution in [-0.2, 0) is 14.3 Å². The Kier molecular flexibility index (Phi) is 23.4. The summed E-state index contributed by atoms with van der Waals surface area (Å²) >= 11 is 0. The standard InChI is InChI=1S/C23H44O3/c1-2-3-4-5-12-15-18-21-25-23-26-22-19-16-13-10-8-6-7-9-11-14-17-20-24/h19-20,22H,2-18,21,23H2,1H3. The number of ether oxygens (including phenoxy) is 2. The largest absolute Gasteiger partial charge is 0.475 e. The van der Waals surface area contributed by atoms with E-state index in [2.05, 4.69) is 13.0 Å². The number of carbonyl (C=O) groups excluding carboxylic acids is 1. The highest BCUT2D eigenvalue weighted by atomic mass is 16.7. The van der Waals surface area contributed by atoms with Gasteiger partial charge in [-0.3, -0.25) is 0 Å². The van der Waals surface area contributed by atoms with E-state index < -0.39 is 0 Å². The predicted molar refractivity (Wildman–Crippen MR) is 111 cm³/mol. The van der Waals surface area contributed by atoms with Gasteiger partial charge in [0.25, 0.3) is 0 Å². The van der Waals surface area contributed by atoms with Gasteiger partial charge in [0.1, 0.15) is 6.29 Å². The molecule has 0 rings (SSSR count). The lowest BCUT2D eigenvalue weighted by Gasteiger charge is -2.04. The number of aldehydes is 1. The van der Waals surface area contributed by atoms with Crippen molar-refractivity contribution in [1.29, 1.82) is 0 Å². The summed E-state index contributed by atoms with van der Waals surface area (Å²) in [6.07, 6.45) is 26.0. The quantitative estimate of drug-likeness (QED) is 0.0867. The Hall–Kier alpha value is -0.830. The van der Waals surface area contributed by atoms with E-state index in [0.717, 1.165) is 38.6 Å². The summed E-state index contributed by atoms with van der Waals surface area (Å²) < 4.78 is 10.8. The van der Waals surface area contributed by atoms with Crippen LogP contribution in [0.1, 0.15) is 116 Å². The number of hydrogen-bond acceptors (Lipinski definition) is 3. The number of carbonyl (C=O) groups is 1. The van der Waals surface area contributed by atoms with Gasteiger partial charge >= 0.3 is 0 Å². The highest BCUT2D eigenvalue weighted by Crippen LogP contribution is 2.10. The average Bonchev–Trinajstić information content (AvgIpc) is 2.66. The third-order valence-corrected chi connectivity index (χ3v) is 4.68. The Balaban J connectivity index is 3.05. The zero-order valence-electron chi connectivity index (χ0n) is 17.4. The first-order chi connectivity index (χ1) is 12.9. The Morgan fingerprint density at radius 1 is 0.654 bits per heavy atom. The Bertz CT molecular complexity index is 289. The maximum atomic E-state index is 10.2. The SMILES string of the molecule is CCCCCCCCCOCOC=CCCCCCCCCCCC=O. The van der Waals surface area contributed by atoms with Crippen molar-refractivity contribution < 1.29 is 14.3 Å². The van der Waals surface area contributed by atoms with Gasteiger partial charge in [-0.05, 0) is 31.8 Å². The fourth-order valence-corrected chi connectivity index (χ4v) is 2.99. The first-order valence-electron chi connectivity index (χ1n) is 11.2. The fraction of sp³-hybridized carbons (Fsp3) is 0.870.